The van der Waals surface area contributed by atoms with Crippen LogP contribution in [0.25, 0.3) is 0 Å². The summed E-state index contributed by atoms with van der Waals surface area (Å²) in [5.74, 6) is 4.92. The predicted octanol–water partition coefficient (Wildman–Crippen LogP) is -1.09. The molecule has 0 fully saturated rings. The maximum atomic E-state index is 11.8. The van der Waals surface area contributed by atoms with Crippen molar-refractivity contribution in [2.45, 2.75) is 17.7 Å². The quantitative estimate of drug-likeness (QED) is 0.283. The number of primary amides is 1. The van der Waals surface area contributed by atoms with Gasteiger partial charge in [0, 0.05) is 25.2 Å². The lowest BCUT2D eigenvalue weighted by molar-refractivity contribution is -0.118. The van der Waals surface area contributed by atoms with Crippen molar-refractivity contribution in [3.63, 3.8) is 0 Å². The lowest BCUT2D eigenvalue weighted by Crippen LogP contribution is -2.26. The second kappa shape index (κ2) is 6.28. The maximum absolute atomic E-state index is 11.8. The molecule has 6 N–H and O–H groups in total. The van der Waals surface area contributed by atoms with E-state index in [1.165, 1.54) is 18.3 Å². The average Bonchev–Trinajstić information content (AvgIpc) is 2.34. The van der Waals surface area contributed by atoms with Gasteiger partial charge in [0.1, 0.15) is 5.82 Å². The number of pyridine rings is 1. The Labute approximate surface area is 105 Å². The van der Waals surface area contributed by atoms with Crippen molar-refractivity contribution in [2.24, 2.45) is 11.6 Å². The van der Waals surface area contributed by atoms with Crippen molar-refractivity contribution in [2.75, 3.05) is 12.0 Å². The second-order valence-corrected chi connectivity index (χ2v) is 5.26. The van der Waals surface area contributed by atoms with E-state index in [9.17, 15) is 13.2 Å². The van der Waals surface area contributed by atoms with Gasteiger partial charge in [0.05, 0.1) is 4.90 Å². The molecule has 1 aromatic heterocycles. The van der Waals surface area contributed by atoms with Crippen molar-refractivity contribution in [1.82, 2.24) is 9.71 Å². The fraction of sp³-hybridized carbons (Fsp3) is 0.333. The summed E-state index contributed by atoms with van der Waals surface area (Å²) in [7, 11) is -3.63. The number of carbonyl (C=O) groups is 1. The SMILES string of the molecule is NNc1cc(S(=O)(=O)NCCCC(N)=O)ccn1. The Hall–Kier alpha value is -1.71. The minimum Gasteiger partial charge on any atom is -0.370 e. The van der Waals surface area contributed by atoms with Gasteiger partial charge in [0.2, 0.25) is 15.9 Å². The van der Waals surface area contributed by atoms with E-state index in [0.29, 0.717) is 6.42 Å². The van der Waals surface area contributed by atoms with Crippen LogP contribution in [0.5, 0.6) is 0 Å². The number of amides is 1. The van der Waals surface area contributed by atoms with E-state index in [-0.39, 0.29) is 23.7 Å². The van der Waals surface area contributed by atoms with E-state index < -0.39 is 15.9 Å². The Morgan fingerprint density at radius 1 is 1.44 bits per heavy atom. The summed E-state index contributed by atoms with van der Waals surface area (Å²) in [6, 6.07) is 2.65. The highest BCUT2D eigenvalue weighted by Crippen LogP contribution is 2.11. The minimum atomic E-state index is -3.63. The van der Waals surface area contributed by atoms with Crippen LogP contribution in [0, 0.1) is 0 Å². The Morgan fingerprint density at radius 2 is 2.17 bits per heavy atom. The molecule has 0 aromatic carbocycles. The minimum absolute atomic E-state index is 0.0459. The number of hydrogen-bond acceptors (Lipinski definition) is 6. The molecule has 0 bridgehead atoms. The van der Waals surface area contributed by atoms with Gasteiger partial charge in [0.25, 0.3) is 0 Å². The number of sulfonamides is 1. The van der Waals surface area contributed by atoms with Crippen LogP contribution < -0.4 is 21.7 Å². The molecule has 1 heterocycles. The molecule has 0 aliphatic rings. The van der Waals surface area contributed by atoms with Crippen LogP contribution in [0.15, 0.2) is 23.2 Å². The number of hydrogen-bond donors (Lipinski definition) is 4. The summed E-state index contributed by atoms with van der Waals surface area (Å²) in [5.41, 5.74) is 7.20. The van der Waals surface area contributed by atoms with Gasteiger partial charge in [-0.05, 0) is 12.5 Å². The summed E-state index contributed by atoms with van der Waals surface area (Å²) in [6.07, 6.45) is 1.81. The van der Waals surface area contributed by atoms with Gasteiger partial charge in [-0.15, -0.1) is 0 Å². The van der Waals surface area contributed by atoms with Crippen LogP contribution in [0.3, 0.4) is 0 Å². The molecule has 1 amide bonds. The third-order valence-electron chi connectivity index (χ3n) is 2.08. The largest absolute Gasteiger partial charge is 0.370 e. The summed E-state index contributed by atoms with van der Waals surface area (Å²) < 4.78 is 26.0. The maximum Gasteiger partial charge on any atom is 0.240 e. The number of carbonyl (C=O) groups excluding carboxylic acids is 1. The Bertz CT molecular complexity index is 517. The van der Waals surface area contributed by atoms with Gasteiger partial charge >= 0.3 is 0 Å². The van der Waals surface area contributed by atoms with Crippen LogP contribution >= 0.6 is 0 Å². The highest BCUT2D eigenvalue weighted by atomic mass is 32.2. The zero-order valence-electron chi connectivity index (χ0n) is 9.59. The second-order valence-electron chi connectivity index (χ2n) is 3.49. The number of nitrogens with zero attached hydrogens (tertiary/aromatic N) is 1. The first kappa shape index (κ1) is 14.4. The lowest BCUT2D eigenvalue weighted by atomic mass is 10.3. The summed E-state index contributed by atoms with van der Waals surface area (Å²) >= 11 is 0. The molecule has 0 saturated carbocycles. The van der Waals surface area contributed by atoms with Crippen molar-refractivity contribution in [1.29, 1.82) is 0 Å². The molecule has 18 heavy (non-hydrogen) atoms. The van der Waals surface area contributed by atoms with Crippen molar-refractivity contribution in [3.8, 4) is 0 Å². The van der Waals surface area contributed by atoms with E-state index in [4.69, 9.17) is 11.6 Å². The number of nitrogens with one attached hydrogen (secondary N) is 2. The number of anilines is 1. The summed E-state index contributed by atoms with van der Waals surface area (Å²) in [6.45, 7) is 0.138. The monoisotopic (exact) mass is 273 g/mol. The van der Waals surface area contributed by atoms with Crippen LogP contribution in [-0.4, -0.2) is 25.9 Å². The predicted molar refractivity (Wildman–Crippen MR) is 65.7 cm³/mol. The van der Waals surface area contributed by atoms with Crippen molar-refractivity contribution >= 4 is 21.7 Å². The fourth-order valence-electron chi connectivity index (χ4n) is 1.21. The molecule has 0 aliphatic heterocycles. The summed E-state index contributed by atoms with van der Waals surface area (Å²) in [4.78, 5) is 14.3. The van der Waals surface area contributed by atoms with E-state index in [1.54, 1.807) is 0 Å². The molecule has 0 atom stereocenters. The molecule has 9 heteroatoms. The third-order valence-corrected chi connectivity index (χ3v) is 3.54. The summed E-state index contributed by atoms with van der Waals surface area (Å²) in [5, 5.41) is 0. The van der Waals surface area contributed by atoms with Gasteiger partial charge < -0.3 is 11.2 Å². The molecule has 0 unspecified atom stereocenters. The normalized spacial score (nSPS) is 11.2. The van der Waals surface area contributed by atoms with Gasteiger partial charge in [-0.25, -0.2) is 24.0 Å². The van der Waals surface area contributed by atoms with E-state index in [0.717, 1.165) is 0 Å². The number of nitrogen functional groups attached to an aromatic ring is 1. The number of hydrazine groups is 1. The van der Waals surface area contributed by atoms with Gasteiger partial charge in [-0.1, -0.05) is 0 Å². The zero-order valence-corrected chi connectivity index (χ0v) is 10.4. The van der Waals surface area contributed by atoms with Crippen LogP contribution in [0.2, 0.25) is 0 Å². The Balaban J connectivity index is 2.65. The Kier molecular flexibility index (Phi) is 5.01. The molecule has 100 valence electrons. The molecule has 0 saturated heterocycles. The number of rotatable bonds is 7. The first-order valence-electron chi connectivity index (χ1n) is 5.16. The van der Waals surface area contributed by atoms with E-state index in [2.05, 4.69) is 15.1 Å². The lowest BCUT2D eigenvalue weighted by Gasteiger charge is -2.07. The van der Waals surface area contributed by atoms with E-state index in [1.807, 2.05) is 0 Å². The topological polar surface area (TPSA) is 140 Å². The average molecular weight is 273 g/mol. The number of nitrogens with two attached hydrogens (primary N) is 2. The highest BCUT2D eigenvalue weighted by Gasteiger charge is 2.14. The van der Waals surface area contributed by atoms with Gasteiger partial charge in [-0.2, -0.15) is 0 Å². The first-order valence-corrected chi connectivity index (χ1v) is 6.64. The molecule has 1 rings (SSSR count). The molecular formula is C9H15N5O3S. The molecular weight excluding hydrogens is 258 g/mol. The Morgan fingerprint density at radius 3 is 2.78 bits per heavy atom. The third kappa shape index (κ3) is 4.28. The zero-order chi connectivity index (χ0) is 13.6. The highest BCUT2D eigenvalue weighted by molar-refractivity contribution is 7.89. The van der Waals surface area contributed by atoms with Crippen LogP contribution in [0.4, 0.5) is 5.82 Å². The van der Waals surface area contributed by atoms with Gasteiger partial charge in [-0.3, -0.25) is 4.79 Å². The molecule has 1 aromatic rings. The number of aromatic nitrogens is 1. The molecule has 0 aliphatic carbocycles. The van der Waals surface area contributed by atoms with Crippen molar-refractivity contribution < 1.29 is 13.2 Å². The molecule has 0 radical (unpaired) electrons. The van der Waals surface area contributed by atoms with E-state index >= 15 is 0 Å². The fourth-order valence-corrected chi connectivity index (χ4v) is 2.30. The first-order chi connectivity index (χ1) is 8.45. The smallest absolute Gasteiger partial charge is 0.240 e. The van der Waals surface area contributed by atoms with Crippen molar-refractivity contribution in [3.05, 3.63) is 18.3 Å². The molecule has 8 nitrogen and oxygen atoms in total. The van der Waals surface area contributed by atoms with Crippen LogP contribution in [0.1, 0.15) is 12.8 Å². The van der Waals surface area contributed by atoms with Gasteiger partial charge in [0.15, 0.2) is 0 Å². The molecule has 0 spiro atoms. The standard InChI is InChI=1S/C9H15N5O3S/c10-8(15)2-1-4-13-18(16,17)7-3-5-12-9(6-7)14-11/h3,5-6,13H,1-2,4,11H2,(H2,10,15)(H,12,14). The van der Waals surface area contributed by atoms with Crippen LogP contribution in [-0.2, 0) is 14.8 Å².